The highest BCUT2D eigenvalue weighted by Crippen LogP contribution is 2.07. The summed E-state index contributed by atoms with van der Waals surface area (Å²) in [5.41, 5.74) is -0.0892. The van der Waals surface area contributed by atoms with Crippen LogP contribution in [0.4, 0.5) is 0 Å². The van der Waals surface area contributed by atoms with Crippen LogP contribution in [0.3, 0.4) is 0 Å². The van der Waals surface area contributed by atoms with Crippen molar-refractivity contribution in [1.82, 2.24) is 0 Å². The van der Waals surface area contributed by atoms with Crippen LogP contribution in [-0.2, 0) is 9.47 Å². The molecule has 0 atom stereocenters. The molecule has 0 rings (SSSR count). The molecule has 0 unspecified atom stereocenters. The fourth-order valence-corrected chi connectivity index (χ4v) is 0.662. The Hall–Kier alpha value is -0.0800. The maximum absolute atomic E-state index is 5.36. The Kier molecular flexibility index (Phi) is 6.39. The van der Waals surface area contributed by atoms with Gasteiger partial charge in [0.1, 0.15) is 6.61 Å². The predicted octanol–water partition coefficient (Wildman–Crippen LogP) is 2.78. The molecule has 0 saturated heterocycles. The van der Waals surface area contributed by atoms with Crippen LogP contribution in [0.25, 0.3) is 0 Å². The second kappa shape index (κ2) is 6.44. The lowest BCUT2D eigenvalue weighted by molar-refractivity contribution is 0.00834. The minimum Gasteiger partial charge on any atom is -0.379 e. The van der Waals surface area contributed by atoms with Gasteiger partial charge in [0, 0.05) is 6.61 Å². The van der Waals surface area contributed by atoms with Crippen LogP contribution in [0, 0.1) is 6.61 Å². The van der Waals surface area contributed by atoms with Gasteiger partial charge < -0.3 is 9.47 Å². The van der Waals surface area contributed by atoms with Crippen LogP contribution in [0.2, 0.25) is 0 Å². The molecule has 0 aromatic carbocycles. The monoisotopic (exact) mass is 173 g/mol. The van der Waals surface area contributed by atoms with Gasteiger partial charge in [0.05, 0.1) is 12.2 Å². The highest BCUT2D eigenvalue weighted by Gasteiger charge is 2.08. The van der Waals surface area contributed by atoms with E-state index in [2.05, 4.69) is 6.92 Å². The van der Waals surface area contributed by atoms with Crippen molar-refractivity contribution in [3.63, 3.8) is 0 Å². The van der Waals surface area contributed by atoms with E-state index in [0.717, 1.165) is 13.0 Å². The third kappa shape index (κ3) is 9.92. The molecule has 0 aromatic rings. The zero-order chi connectivity index (χ0) is 9.45. The summed E-state index contributed by atoms with van der Waals surface area (Å²) in [6, 6.07) is 0. The maximum Gasteiger partial charge on any atom is 0.110 e. The molecule has 0 N–H and O–H groups in total. The van der Waals surface area contributed by atoms with E-state index in [9.17, 15) is 0 Å². The first-order chi connectivity index (χ1) is 5.56. The minimum atomic E-state index is -0.0892. The molecule has 0 bridgehead atoms. The third-order valence-electron chi connectivity index (χ3n) is 1.27. The zero-order valence-corrected chi connectivity index (χ0v) is 8.72. The maximum atomic E-state index is 5.36. The van der Waals surface area contributed by atoms with E-state index >= 15 is 0 Å². The lowest BCUT2D eigenvalue weighted by Crippen LogP contribution is -2.18. The van der Waals surface area contributed by atoms with Crippen LogP contribution in [0.15, 0.2) is 0 Å². The van der Waals surface area contributed by atoms with Crippen LogP contribution >= 0.6 is 0 Å². The summed E-state index contributed by atoms with van der Waals surface area (Å²) >= 11 is 0. The van der Waals surface area contributed by atoms with E-state index in [1.165, 1.54) is 6.42 Å². The zero-order valence-electron chi connectivity index (χ0n) is 8.72. The van der Waals surface area contributed by atoms with Crippen LogP contribution in [-0.4, -0.2) is 18.8 Å². The van der Waals surface area contributed by atoms with E-state index < -0.39 is 0 Å². The van der Waals surface area contributed by atoms with Crippen molar-refractivity contribution in [2.75, 3.05) is 13.2 Å². The molecule has 0 aliphatic carbocycles. The second-order valence-corrected chi connectivity index (χ2v) is 3.83. The molecular weight excluding hydrogens is 152 g/mol. The van der Waals surface area contributed by atoms with Gasteiger partial charge in [0.15, 0.2) is 0 Å². The van der Waals surface area contributed by atoms with Crippen molar-refractivity contribution in [2.45, 2.75) is 46.1 Å². The topological polar surface area (TPSA) is 18.5 Å². The van der Waals surface area contributed by atoms with Crippen molar-refractivity contribution in [3.8, 4) is 0 Å². The van der Waals surface area contributed by atoms with Gasteiger partial charge in [-0.05, 0) is 27.2 Å². The van der Waals surface area contributed by atoms with Crippen LogP contribution in [0.1, 0.15) is 40.5 Å². The van der Waals surface area contributed by atoms with E-state index in [1.54, 1.807) is 6.61 Å². The van der Waals surface area contributed by atoms with Crippen molar-refractivity contribution >= 4 is 0 Å². The number of unbranched alkanes of at least 4 members (excludes halogenated alkanes) is 1. The SMILES string of the molecule is CCCCOC[CH]OC(C)(C)C. The normalized spacial score (nSPS) is 12.0. The molecule has 0 aromatic heterocycles. The Labute approximate surface area is 76.3 Å². The van der Waals surface area contributed by atoms with Crippen molar-refractivity contribution in [3.05, 3.63) is 6.61 Å². The van der Waals surface area contributed by atoms with Gasteiger partial charge in [-0.2, -0.15) is 0 Å². The molecule has 73 valence electrons. The van der Waals surface area contributed by atoms with Crippen LogP contribution in [0.5, 0.6) is 0 Å². The average molecular weight is 173 g/mol. The quantitative estimate of drug-likeness (QED) is 0.575. The van der Waals surface area contributed by atoms with Gasteiger partial charge in [-0.15, -0.1) is 0 Å². The van der Waals surface area contributed by atoms with Gasteiger partial charge in [-0.25, -0.2) is 0 Å². The molecule has 0 aliphatic heterocycles. The lowest BCUT2D eigenvalue weighted by Gasteiger charge is -2.18. The highest BCUT2D eigenvalue weighted by molar-refractivity contribution is 4.62. The molecule has 0 fully saturated rings. The number of rotatable bonds is 6. The van der Waals surface area contributed by atoms with Crippen LogP contribution < -0.4 is 0 Å². The molecule has 0 heterocycles. The Morgan fingerprint density at radius 2 is 1.92 bits per heavy atom. The number of hydrogen-bond acceptors (Lipinski definition) is 2. The fourth-order valence-electron chi connectivity index (χ4n) is 0.662. The van der Waals surface area contributed by atoms with Gasteiger partial charge >= 0.3 is 0 Å². The molecule has 12 heavy (non-hydrogen) atoms. The predicted molar refractivity (Wildman–Crippen MR) is 50.9 cm³/mol. The molecule has 0 spiro atoms. The summed E-state index contributed by atoms with van der Waals surface area (Å²) in [7, 11) is 0. The number of ether oxygens (including phenoxy) is 2. The van der Waals surface area contributed by atoms with Crippen molar-refractivity contribution in [1.29, 1.82) is 0 Å². The average Bonchev–Trinajstić information content (AvgIpc) is 1.94. The van der Waals surface area contributed by atoms with Crippen molar-refractivity contribution < 1.29 is 9.47 Å². The molecular formula is C10H21O2. The highest BCUT2D eigenvalue weighted by atomic mass is 16.5. The Bertz CT molecular complexity index is 94.5. The molecule has 2 nitrogen and oxygen atoms in total. The smallest absolute Gasteiger partial charge is 0.110 e. The van der Waals surface area contributed by atoms with Gasteiger partial charge in [-0.3, -0.25) is 0 Å². The first-order valence-corrected chi connectivity index (χ1v) is 4.63. The summed E-state index contributed by atoms with van der Waals surface area (Å²) in [4.78, 5) is 0. The van der Waals surface area contributed by atoms with E-state index in [1.807, 2.05) is 20.8 Å². The molecule has 1 radical (unpaired) electrons. The van der Waals surface area contributed by atoms with E-state index in [4.69, 9.17) is 9.47 Å². The second-order valence-electron chi connectivity index (χ2n) is 3.83. The summed E-state index contributed by atoms with van der Waals surface area (Å²) in [6.45, 7) is 11.4. The largest absolute Gasteiger partial charge is 0.379 e. The van der Waals surface area contributed by atoms with Crippen molar-refractivity contribution in [2.24, 2.45) is 0 Å². The van der Waals surface area contributed by atoms with Gasteiger partial charge in [-0.1, -0.05) is 13.3 Å². The first kappa shape index (κ1) is 11.9. The Morgan fingerprint density at radius 3 is 2.42 bits per heavy atom. The Morgan fingerprint density at radius 1 is 1.25 bits per heavy atom. The lowest BCUT2D eigenvalue weighted by atomic mass is 10.2. The van der Waals surface area contributed by atoms with Gasteiger partial charge in [0.25, 0.3) is 0 Å². The summed E-state index contributed by atoms with van der Waals surface area (Å²) in [5, 5.41) is 0. The Balaban J connectivity index is 3.01. The molecule has 0 aliphatic rings. The summed E-state index contributed by atoms with van der Waals surface area (Å²) < 4.78 is 10.6. The molecule has 0 saturated carbocycles. The van der Waals surface area contributed by atoms with E-state index in [0.29, 0.717) is 6.61 Å². The first-order valence-electron chi connectivity index (χ1n) is 4.63. The minimum absolute atomic E-state index is 0.0892. The molecule has 0 amide bonds. The molecule has 2 heteroatoms. The van der Waals surface area contributed by atoms with Gasteiger partial charge in [0.2, 0.25) is 0 Å². The summed E-state index contributed by atoms with van der Waals surface area (Å²) in [6.07, 6.45) is 2.31. The standard InChI is InChI=1S/C10H21O2/c1-5-6-7-11-8-9-12-10(2,3)4/h9H,5-8H2,1-4H3. The summed E-state index contributed by atoms with van der Waals surface area (Å²) in [5.74, 6) is 0. The van der Waals surface area contributed by atoms with E-state index in [-0.39, 0.29) is 5.60 Å². The number of hydrogen-bond donors (Lipinski definition) is 0. The fraction of sp³-hybridized carbons (Fsp3) is 0.900. The third-order valence-corrected chi connectivity index (χ3v) is 1.27.